The van der Waals surface area contributed by atoms with E-state index in [1.54, 1.807) is 18.2 Å². The molecule has 1 fully saturated rings. The van der Waals surface area contributed by atoms with Gasteiger partial charge in [0.25, 0.3) is 0 Å². The summed E-state index contributed by atoms with van der Waals surface area (Å²) in [7, 11) is 1.62. The van der Waals surface area contributed by atoms with Crippen molar-refractivity contribution in [2.45, 2.75) is 31.4 Å². The number of aromatic nitrogens is 1. The van der Waals surface area contributed by atoms with Crippen molar-refractivity contribution in [3.05, 3.63) is 59.9 Å². The lowest BCUT2D eigenvalue weighted by Crippen LogP contribution is -2.32. The Kier molecular flexibility index (Phi) is 5.11. The lowest BCUT2D eigenvalue weighted by Gasteiger charge is -2.25. The fourth-order valence-corrected chi connectivity index (χ4v) is 3.18. The molecule has 2 aromatic rings. The number of benzene rings is 1. The van der Waals surface area contributed by atoms with Gasteiger partial charge in [-0.25, -0.2) is 0 Å². The minimum absolute atomic E-state index is 0.0463. The number of hydrogen-bond donors (Lipinski definition) is 1. The number of hydrogen-bond acceptors (Lipinski definition) is 4. The zero-order valence-electron chi connectivity index (χ0n) is 13.8. The first-order chi connectivity index (χ1) is 11.7. The molecule has 0 bridgehead atoms. The molecule has 0 saturated carbocycles. The number of amides is 1. The lowest BCUT2D eigenvalue weighted by atomic mass is 10.0. The first-order valence-electron chi connectivity index (χ1n) is 8.19. The summed E-state index contributed by atoms with van der Waals surface area (Å²) < 4.78 is 5.27. The molecule has 24 heavy (non-hydrogen) atoms. The summed E-state index contributed by atoms with van der Waals surface area (Å²) in [5.74, 6) is 0.805. The predicted molar refractivity (Wildman–Crippen MR) is 90.6 cm³/mol. The minimum Gasteiger partial charge on any atom is -0.497 e. The summed E-state index contributed by atoms with van der Waals surface area (Å²) >= 11 is 0. The monoisotopic (exact) mass is 326 g/mol. The van der Waals surface area contributed by atoms with E-state index in [4.69, 9.17) is 4.74 Å². The number of β-amino-alcohol motifs (C(OH)–C–C–N with tert-alkyl or cyclic N) is 1. The van der Waals surface area contributed by atoms with E-state index < -0.39 is 6.10 Å². The maximum absolute atomic E-state index is 12.7. The fourth-order valence-electron chi connectivity index (χ4n) is 3.18. The van der Waals surface area contributed by atoms with Gasteiger partial charge in [-0.15, -0.1) is 0 Å². The average Bonchev–Trinajstić information content (AvgIpc) is 3.02. The van der Waals surface area contributed by atoms with E-state index in [9.17, 15) is 9.90 Å². The Labute approximate surface area is 141 Å². The lowest BCUT2D eigenvalue weighted by molar-refractivity contribution is -0.132. The molecule has 1 aliphatic heterocycles. The van der Waals surface area contributed by atoms with E-state index >= 15 is 0 Å². The molecule has 2 heterocycles. The van der Waals surface area contributed by atoms with Crippen molar-refractivity contribution in [1.29, 1.82) is 0 Å². The molecule has 0 unspecified atom stereocenters. The Morgan fingerprint density at radius 2 is 2.21 bits per heavy atom. The van der Waals surface area contributed by atoms with Gasteiger partial charge in [0.05, 0.1) is 19.3 Å². The quantitative estimate of drug-likeness (QED) is 0.916. The predicted octanol–water partition coefficient (Wildman–Crippen LogP) is 2.36. The number of methoxy groups -OCH3 is 1. The Morgan fingerprint density at radius 3 is 2.96 bits per heavy atom. The highest BCUT2D eigenvalue weighted by Crippen LogP contribution is 2.34. The number of aliphatic hydroxyl groups is 1. The minimum atomic E-state index is -0.486. The summed E-state index contributed by atoms with van der Waals surface area (Å²) in [5.41, 5.74) is 1.90. The van der Waals surface area contributed by atoms with Gasteiger partial charge in [0.2, 0.25) is 5.91 Å². The molecule has 0 radical (unpaired) electrons. The molecular formula is C19H22N2O3. The molecule has 5 heteroatoms. The molecule has 1 aliphatic rings. The second kappa shape index (κ2) is 7.45. The van der Waals surface area contributed by atoms with Gasteiger partial charge in [0.1, 0.15) is 5.75 Å². The van der Waals surface area contributed by atoms with Crippen molar-refractivity contribution in [2.75, 3.05) is 13.7 Å². The van der Waals surface area contributed by atoms with Gasteiger partial charge in [-0.05, 0) is 42.7 Å². The molecule has 3 rings (SSSR count). The van der Waals surface area contributed by atoms with Gasteiger partial charge in [0.15, 0.2) is 0 Å². The molecule has 5 nitrogen and oxygen atoms in total. The van der Waals surface area contributed by atoms with Crippen LogP contribution in [-0.2, 0) is 11.2 Å². The maximum Gasteiger partial charge on any atom is 0.223 e. The molecule has 1 amide bonds. The summed E-state index contributed by atoms with van der Waals surface area (Å²) in [4.78, 5) is 18.7. The number of likely N-dealkylation sites (tertiary alicyclic amines) is 1. The zero-order valence-corrected chi connectivity index (χ0v) is 13.8. The van der Waals surface area contributed by atoms with Gasteiger partial charge in [-0.3, -0.25) is 9.78 Å². The molecule has 0 spiro atoms. The van der Waals surface area contributed by atoms with Gasteiger partial charge < -0.3 is 14.7 Å². The van der Waals surface area contributed by atoms with Crippen LogP contribution in [0.15, 0.2) is 48.7 Å². The Morgan fingerprint density at radius 1 is 1.33 bits per heavy atom. The van der Waals surface area contributed by atoms with E-state index in [1.165, 1.54) is 0 Å². The van der Waals surface area contributed by atoms with Crippen LogP contribution in [-0.4, -0.2) is 40.7 Å². The summed E-state index contributed by atoms with van der Waals surface area (Å²) in [6.45, 7) is 0.378. The van der Waals surface area contributed by atoms with Crippen molar-refractivity contribution < 1.29 is 14.6 Å². The van der Waals surface area contributed by atoms with Crippen LogP contribution in [0.25, 0.3) is 0 Å². The van der Waals surface area contributed by atoms with Crippen molar-refractivity contribution in [2.24, 2.45) is 0 Å². The maximum atomic E-state index is 12.7. The normalized spacial score (nSPS) is 20.2. The van der Waals surface area contributed by atoms with Crippen LogP contribution in [0.5, 0.6) is 5.75 Å². The zero-order chi connectivity index (χ0) is 16.9. The van der Waals surface area contributed by atoms with E-state index in [1.807, 2.05) is 42.5 Å². The summed E-state index contributed by atoms with van der Waals surface area (Å²) in [5, 5.41) is 10.1. The largest absolute Gasteiger partial charge is 0.497 e. The second-order valence-electron chi connectivity index (χ2n) is 6.05. The molecule has 1 aromatic carbocycles. The number of carbonyl (C=O) groups is 1. The van der Waals surface area contributed by atoms with Crippen LogP contribution in [0, 0.1) is 0 Å². The van der Waals surface area contributed by atoms with Gasteiger partial charge in [0, 0.05) is 24.9 Å². The highest BCUT2D eigenvalue weighted by molar-refractivity contribution is 5.77. The van der Waals surface area contributed by atoms with Crippen LogP contribution in [0.2, 0.25) is 0 Å². The molecular weight excluding hydrogens is 304 g/mol. The first kappa shape index (κ1) is 16.5. The van der Waals surface area contributed by atoms with E-state index in [0.29, 0.717) is 25.8 Å². The van der Waals surface area contributed by atoms with E-state index in [2.05, 4.69) is 4.98 Å². The van der Waals surface area contributed by atoms with E-state index in [-0.39, 0.29) is 11.9 Å². The smallest absolute Gasteiger partial charge is 0.223 e. The number of carbonyl (C=O) groups excluding carboxylic acids is 1. The fraction of sp³-hybridized carbons (Fsp3) is 0.368. The Hall–Kier alpha value is -2.40. The molecule has 0 aliphatic carbocycles. The number of aliphatic hydroxyl groups excluding tert-OH is 1. The third kappa shape index (κ3) is 3.74. The number of aryl methyl sites for hydroxylation is 1. The van der Waals surface area contributed by atoms with Crippen LogP contribution >= 0.6 is 0 Å². The van der Waals surface area contributed by atoms with Crippen molar-refractivity contribution in [1.82, 2.24) is 9.88 Å². The number of nitrogens with zero attached hydrogens (tertiary/aromatic N) is 2. The van der Waals surface area contributed by atoms with E-state index in [0.717, 1.165) is 17.0 Å². The van der Waals surface area contributed by atoms with Crippen LogP contribution in [0.3, 0.4) is 0 Å². The molecule has 1 N–H and O–H groups in total. The van der Waals surface area contributed by atoms with Gasteiger partial charge in [-0.1, -0.05) is 18.2 Å². The first-order valence-corrected chi connectivity index (χ1v) is 8.19. The van der Waals surface area contributed by atoms with Crippen molar-refractivity contribution in [3.63, 3.8) is 0 Å². The van der Waals surface area contributed by atoms with Crippen LogP contribution in [0.1, 0.15) is 30.1 Å². The summed E-state index contributed by atoms with van der Waals surface area (Å²) in [6, 6.07) is 13.3. The summed E-state index contributed by atoms with van der Waals surface area (Å²) in [6.07, 6.45) is 2.81. The highest BCUT2D eigenvalue weighted by Gasteiger charge is 2.35. The number of rotatable bonds is 5. The third-order valence-corrected chi connectivity index (χ3v) is 4.40. The SMILES string of the molecule is COc1cccc([C@@H]2C[C@@H](O)CN2C(=O)CCc2ccccn2)c1. The highest BCUT2D eigenvalue weighted by atomic mass is 16.5. The number of pyridine rings is 1. The van der Waals surface area contributed by atoms with Crippen molar-refractivity contribution in [3.8, 4) is 5.75 Å². The molecule has 126 valence electrons. The molecule has 2 atom stereocenters. The second-order valence-corrected chi connectivity index (χ2v) is 6.05. The van der Waals surface area contributed by atoms with Gasteiger partial charge in [-0.2, -0.15) is 0 Å². The molecule has 1 saturated heterocycles. The van der Waals surface area contributed by atoms with Crippen molar-refractivity contribution >= 4 is 5.91 Å². The molecule has 1 aromatic heterocycles. The average molecular weight is 326 g/mol. The third-order valence-electron chi connectivity index (χ3n) is 4.40. The van der Waals surface area contributed by atoms with Gasteiger partial charge >= 0.3 is 0 Å². The van der Waals surface area contributed by atoms with Crippen LogP contribution in [0.4, 0.5) is 0 Å². The topological polar surface area (TPSA) is 62.7 Å². The number of ether oxygens (including phenoxy) is 1. The standard InChI is InChI=1S/C19H22N2O3/c1-24-17-7-4-5-14(11-17)18-12-16(22)13-21(18)19(23)9-8-15-6-2-3-10-20-15/h2-7,10-11,16,18,22H,8-9,12-13H2,1H3/t16-,18+/m1/s1. The van der Waals surface area contributed by atoms with Crippen LogP contribution < -0.4 is 4.74 Å². The Balaban J connectivity index is 1.71. The Bertz CT molecular complexity index is 690.